The van der Waals surface area contributed by atoms with E-state index in [1.165, 1.54) is 0 Å². The Morgan fingerprint density at radius 3 is 2.32 bits per heavy atom. The van der Waals surface area contributed by atoms with Crippen LogP contribution in [0.25, 0.3) is 22.4 Å². The average Bonchev–Trinajstić information content (AvgIpc) is 3.15. The molecule has 0 saturated heterocycles. The second-order valence-corrected chi connectivity index (χ2v) is 7.21. The summed E-state index contributed by atoms with van der Waals surface area (Å²) >= 11 is 5.42. The van der Waals surface area contributed by atoms with Gasteiger partial charge in [0.05, 0.1) is 17.0 Å². The van der Waals surface area contributed by atoms with E-state index in [0.29, 0.717) is 17.1 Å². The van der Waals surface area contributed by atoms with E-state index < -0.39 is 0 Å². The molecule has 0 radical (unpaired) electrons. The van der Waals surface area contributed by atoms with Gasteiger partial charge in [0.25, 0.3) is 0 Å². The van der Waals surface area contributed by atoms with Crippen LogP contribution in [-0.2, 0) is 6.54 Å². The molecule has 0 fully saturated rings. The molecule has 3 aromatic carbocycles. The summed E-state index contributed by atoms with van der Waals surface area (Å²) in [5, 5.41) is 9.47. The third kappa shape index (κ3) is 4.78. The quantitative estimate of drug-likeness (QED) is 0.316. The first-order chi connectivity index (χ1) is 14.8. The van der Waals surface area contributed by atoms with Crippen LogP contribution in [0.15, 0.2) is 91.0 Å². The number of para-hydroxylation sites is 2. The van der Waals surface area contributed by atoms with E-state index in [-0.39, 0.29) is 29.6 Å². The molecule has 31 heavy (non-hydrogen) atoms. The van der Waals surface area contributed by atoms with E-state index >= 15 is 0 Å². The molecule has 0 unspecified atom stereocenters. The van der Waals surface area contributed by atoms with Gasteiger partial charge in [0.1, 0.15) is 11.5 Å². The second kappa shape index (κ2) is 9.58. The standard InChI is InChI=1S/C24H18N4OS.Na/c30-24-27-26-23(22-15-12-18-6-4-5-9-21(18)25-22)28(24)16-17-10-13-20(14-11-17)29-19-7-2-1-3-8-19;/h1-15H,16H2,(H,25,27,30);/q;+1/p-1. The molecule has 0 bridgehead atoms. The molecule has 2 aromatic heterocycles. The summed E-state index contributed by atoms with van der Waals surface area (Å²) in [4.78, 5) is 4.73. The molecule has 0 aliphatic heterocycles. The maximum atomic E-state index is 5.86. The molecule has 7 heteroatoms. The van der Waals surface area contributed by atoms with Gasteiger partial charge in [-0.3, -0.25) is 5.10 Å². The first-order valence-electron chi connectivity index (χ1n) is 9.54. The van der Waals surface area contributed by atoms with Gasteiger partial charge in [-0.2, -0.15) is 0 Å². The minimum Gasteiger partial charge on any atom is -0.457 e. The maximum Gasteiger partial charge on any atom is 1.00 e. The van der Waals surface area contributed by atoms with Gasteiger partial charge in [0.15, 0.2) is 0 Å². The van der Waals surface area contributed by atoms with Crippen molar-refractivity contribution < 1.29 is 34.3 Å². The molecule has 0 aliphatic rings. The second-order valence-electron chi connectivity index (χ2n) is 6.84. The molecule has 0 N–H and O–H groups in total. The van der Waals surface area contributed by atoms with Crippen molar-refractivity contribution >= 4 is 23.1 Å². The van der Waals surface area contributed by atoms with Crippen molar-refractivity contribution in [2.24, 2.45) is 0 Å². The summed E-state index contributed by atoms with van der Waals surface area (Å²) in [6, 6.07) is 29.6. The van der Waals surface area contributed by atoms with Crippen LogP contribution in [0.5, 0.6) is 11.5 Å². The van der Waals surface area contributed by atoms with Gasteiger partial charge in [-0.05, 0) is 48.5 Å². The summed E-state index contributed by atoms with van der Waals surface area (Å²) in [6.07, 6.45) is 0. The van der Waals surface area contributed by atoms with Crippen molar-refractivity contribution in [3.8, 4) is 23.0 Å². The van der Waals surface area contributed by atoms with Crippen LogP contribution in [0.4, 0.5) is 0 Å². The van der Waals surface area contributed by atoms with Crippen LogP contribution in [0.2, 0.25) is 0 Å². The molecule has 5 rings (SSSR count). The van der Waals surface area contributed by atoms with E-state index in [9.17, 15) is 0 Å². The van der Waals surface area contributed by atoms with Crippen molar-refractivity contribution in [3.05, 3.63) is 101 Å². The number of aromatic nitrogens is 4. The number of nitrogens with zero attached hydrogens (tertiary/aromatic N) is 4. The van der Waals surface area contributed by atoms with Crippen LogP contribution >= 0.6 is 12.2 Å². The summed E-state index contributed by atoms with van der Waals surface area (Å²) in [6.45, 7) is 0.557. The van der Waals surface area contributed by atoms with E-state index in [1.54, 1.807) is 0 Å². The molecule has 0 spiro atoms. The normalized spacial score (nSPS) is 10.6. The summed E-state index contributed by atoms with van der Waals surface area (Å²) in [7, 11) is 0. The topological polar surface area (TPSA) is 54.0 Å². The summed E-state index contributed by atoms with van der Waals surface area (Å²) < 4.78 is 8.20. The third-order valence-electron chi connectivity index (χ3n) is 4.79. The van der Waals surface area contributed by atoms with Gasteiger partial charge in [-0.25, -0.2) is 4.98 Å². The Hall–Kier alpha value is -2.77. The van der Waals surface area contributed by atoms with Gasteiger partial charge in [-0.15, -0.1) is 0 Å². The van der Waals surface area contributed by atoms with Gasteiger partial charge in [-0.1, -0.05) is 66.8 Å². The van der Waals surface area contributed by atoms with Crippen LogP contribution < -0.4 is 39.4 Å². The number of hydrogen-bond acceptors (Lipinski definition) is 4. The maximum absolute atomic E-state index is 5.86. The number of hydrogen-bond donors (Lipinski definition) is 0. The molecule has 5 nitrogen and oxygen atoms in total. The SMILES string of the molecule is S=c1[n-]nc(-c2ccc3ccccc3n2)n1Cc1ccc(Oc2ccccc2)cc1.[Na+]. The zero-order chi connectivity index (χ0) is 20.3. The fraction of sp³-hybridized carbons (Fsp3) is 0.0417. The molecule has 0 saturated carbocycles. The number of ether oxygens (including phenoxy) is 1. The van der Waals surface area contributed by atoms with E-state index in [2.05, 4.69) is 10.2 Å². The van der Waals surface area contributed by atoms with Gasteiger partial charge in [0.2, 0.25) is 0 Å². The smallest absolute Gasteiger partial charge is 0.457 e. The molecule has 0 atom stereocenters. The third-order valence-corrected chi connectivity index (χ3v) is 5.09. The molecule has 2 heterocycles. The predicted molar refractivity (Wildman–Crippen MR) is 119 cm³/mol. The van der Waals surface area contributed by atoms with Crippen molar-refractivity contribution in [2.75, 3.05) is 0 Å². The molecular formula is C24H17N4NaOS. The molecule has 146 valence electrons. The van der Waals surface area contributed by atoms with E-state index in [1.807, 2.05) is 95.6 Å². The summed E-state index contributed by atoms with van der Waals surface area (Å²) in [5.74, 6) is 2.25. The van der Waals surface area contributed by atoms with Crippen molar-refractivity contribution in [1.29, 1.82) is 0 Å². The Labute approximate surface area is 207 Å². The minimum atomic E-state index is 0. The number of rotatable bonds is 5. The van der Waals surface area contributed by atoms with Gasteiger partial charge < -0.3 is 14.4 Å². The zero-order valence-corrected chi connectivity index (χ0v) is 19.8. The number of benzene rings is 3. The van der Waals surface area contributed by atoms with E-state index in [0.717, 1.165) is 33.7 Å². The Balaban J connectivity index is 0.00000231. The fourth-order valence-electron chi connectivity index (χ4n) is 3.28. The van der Waals surface area contributed by atoms with Crippen molar-refractivity contribution in [3.63, 3.8) is 0 Å². The van der Waals surface area contributed by atoms with E-state index in [4.69, 9.17) is 21.9 Å². The van der Waals surface area contributed by atoms with Crippen LogP contribution in [-0.4, -0.2) is 14.6 Å². The molecule has 0 aliphatic carbocycles. The first kappa shape index (κ1) is 21.5. The Bertz CT molecular complexity index is 1360. The Morgan fingerprint density at radius 1 is 0.806 bits per heavy atom. The van der Waals surface area contributed by atoms with Crippen LogP contribution in [0.1, 0.15) is 5.56 Å². The molecule has 0 amide bonds. The number of fused-ring (bicyclic) bond motifs is 1. The van der Waals surface area contributed by atoms with Gasteiger partial charge >= 0.3 is 29.6 Å². The monoisotopic (exact) mass is 432 g/mol. The Kier molecular flexibility index (Phi) is 6.63. The van der Waals surface area contributed by atoms with Crippen LogP contribution in [0.3, 0.4) is 0 Å². The van der Waals surface area contributed by atoms with Crippen molar-refractivity contribution in [2.45, 2.75) is 6.54 Å². The average molecular weight is 432 g/mol. The summed E-state index contributed by atoms with van der Waals surface area (Å²) in [5.41, 5.74) is 2.74. The minimum absolute atomic E-state index is 0. The van der Waals surface area contributed by atoms with Gasteiger partial charge in [0, 0.05) is 10.2 Å². The molecule has 5 aromatic rings. The van der Waals surface area contributed by atoms with Crippen LogP contribution in [0, 0.1) is 4.77 Å². The molecular weight excluding hydrogens is 415 g/mol. The fourth-order valence-corrected chi connectivity index (χ4v) is 3.47. The van der Waals surface area contributed by atoms with Crippen molar-refractivity contribution in [1.82, 2.24) is 19.7 Å². The Morgan fingerprint density at radius 2 is 1.52 bits per heavy atom. The zero-order valence-electron chi connectivity index (χ0n) is 17.0. The first-order valence-corrected chi connectivity index (χ1v) is 9.95. The number of pyridine rings is 1. The predicted octanol–water partition coefficient (Wildman–Crippen LogP) is 2.63. The largest absolute Gasteiger partial charge is 1.00 e.